The summed E-state index contributed by atoms with van der Waals surface area (Å²) in [5, 5.41) is 18.5. The van der Waals surface area contributed by atoms with Crippen molar-refractivity contribution in [2.45, 2.75) is 45.0 Å². The average Bonchev–Trinajstić information content (AvgIpc) is 2.38. The minimum atomic E-state index is -3.48. The summed E-state index contributed by atoms with van der Waals surface area (Å²) in [6.07, 6.45) is -5.16. The van der Waals surface area contributed by atoms with Crippen molar-refractivity contribution in [2.75, 3.05) is 19.6 Å². The van der Waals surface area contributed by atoms with E-state index in [9.17, 15) is 18.7 Å². The summed E-state index contributed by atoms with van der Waals surface area (Å²) >= 11 is 0. The van der Waals surface area contributed by atoms with Gasteiger partial charge in [-0.15, -0.1) is 0 Å². The van der Waals surface area contributed by atoms with Crippen LogP contribution >= 0.6 is 0 Å². The average molecular weight is 281 g/mol. The van der Waals surface area contributed by atoms with Gasteiger partial charge in [0.15, 0.2) is 6.17 Å². The Hall–Kier alpha value is -0.790. The van der Waals surface area contributed by atoms with Crippen molar-refractivity contribution >= 4 is 5.97 Å². The third-order valence-electron chi connectivity index (χ3n) is 3.73. The van der Waals surface area contributed by atoms with E-state index in [-0.39, 0.29) is 6.54 Å². The molecule has 1 rings (SSSR count). The lowest BCUT2D eigenvalue weighted by atomic mass is 9.87. The highest BCUT2D eigenvalue weighted by molar-refractivity contribution is 5.76. The maximum absolute atomic E-state index is 14.0. The van der Waals surface area contributed by atoms with Crippen LogP contribution in [0.25, 0.3) is 0 Å². The molecule has 0 amide bonds. The van der Waals surface area contributed by atoms with Crippen LogP contribution in [0.1, 0.15) is 20.8 Å². The molecule has 5 atom stereocenters. The highest BCUT2D eigenvalue weighted by Crippen LogP contribution is 2.37. The molecule has 1 heterocycles. The van der Waals surface area contributed by atoms with Gasteiger partial charge in [0.25, 0.3) is 0 Å². The van der Waals surface area contributed by atoms with Crippen molar-refractivity contribution < 1.29 is 28.5 Å². The van der Waals surface area contributed by atoms with E-state index in [0.29, 0.717) is 13.1 Å². The molecule has 0 bridgehead atoms. The number of rotatable bonds is 5. The van der Waals surface area contributed by atoms with Gasteiger partial charge >= 0.3 is 11.8 Å². The Balaban J connectivity index is 2.91. The molecule has 1 aliphatic heterocycles. The molecule has 0 aromatic rings. The number of halogens is 2. The summed E-state index contributed by atoms with van der Waals surface area (Å²) in [7, 11) is 0. The van der Waals surface area contributed by atoms with Gasteiger partial charge in [0.05, 0.1) is 12.2 Å². The summed E-state index contributed by atoms with van der Waals surface area (Å²) in [4.78, 5) is 12.7. The van der Waals surface area contributed by atoms with Crippen LogP contribution in [0.3, 0.4) is 0 Å². The van der Waals surface area contributed by atoms with E-state index in [1.807, 2.05) is 18.7 Å². The summed E-state index contributed by atoms with van der Waals surface area (Å²) in [5.41, 5.74) is 0. The summed E-state index contributed by atoms with van der Waals surface area (Å²) in [5.74, 6) is -6.21. The second-order valence-electron chi connectivity index (χ2n) is 4.84. The molecule has 5 nitrogen and oxygen atoms in total. The zero-order valence-corrected chi connectivity index (χ0v) is 11.3. The molecule has 1 saturated heterocycles. The molecular weight excluding hydrogens is 260 g/mol. The van der Waals surface area contributed by atoms with E-state index >= 15 is 0 Å². The fourth-order valence-corrected chi connectivity index (χ4v) is 2.21. The first-order valence-corrected chi connectivity index (χ1v) is 6.42. The van der Waals surface area contributed by atoms with Crippen molar-refractivity contribution in [1.82, 2.24) is 4.90 Å². The molecule has 7 heteroatoms. The predicted octanol–water partition coefficient (Wildman–Crippen LogP) is 0.812. The van der Waals surface area contributed by atoms with E-state index in [1.54, 1.807) is 0 Å². The number of aliphatic hydroxyl groups is 1. The zero-order valence-electron chi connectivity index (χ0n) is 11.3. The Morgan fingerprint density at radius 2 is 1.95 bits per heavy atom. The van der Waals surface area contributed by atoms with Crippen LogP contribution < -0.4 is 0 Å². The van der Waals surface area contributed by atoms with Crippen molar-refractivity contribution in [3.63, 3.8) is 0 Å². The molecule has 19 heavy (non-hydrogen) atoms. The van der Waals surface area contributed by atoms with Gasteiger partial charge in [-0.1, -0.05) is 20.8 Å². The maximum Gasteiger partial charge on any atom is 0.372 e. The Bertz CT molecular complexity index is 327. The SMILES string of the molecule is CCN(CC)CC1OC(F)(C(=O)O)C(F)C(O)C1C. The third-order valence-corrected chi connectivity index (χ3v) is 3.73. The first kappa shape index (κ1) is 16.3. The quantitative estimate of drug-likeness (QED) is 0.780. The molecule has 0 aromatic carbocycles. The highest BCUT2D eigenvalue weighted by Gasteiger charge is 2.59. The molecule has 1 fully saturated rings. The number of carbonyl (C=O) groups is 1. The number of likely N-dealkylation sites (N-methyl/N-ethyl adjacent to an activating group) is 1. The standard InChI is InChI=1S/C12H21F2NO4/c1-4-15(5-2)6-8-7(3)9(16)10(13)12(14,19-8)11(17)18/h7-10,16H,4-6H2,1-3H3,(H,17,18). The molecule has 0 saturated carbocycles. The number of alkyl halides is 2. The van der Waals surface area contributed by atoms with E-state index < -0.39 is 36.1 Å². The molecule has 0 aliphatic carbocycles. The molecule has 112 valence electrons. The molecule has 2 N–H and O–H groups in total. The second kappa shape index (κ2) is 6.11. The van der Waals surface area contributed by atoms with E-state index in [2.05, 4.69) is 0 Å². The second-order valence-corrected chi connectivity index (χ2v) is 4.84. The minimum Gasteiger partial charge on any atom is -0.477 e. The predicted molar refractivity (Wildman–Crippen MR) is 64.2 cm³/mol. The van der Waals surface area contributed by atoms with Crippen LogP contribution in [0.5, 0.6) is 0 Å². The third kappa shape index (κ3) is 3.04. The smallest absolute Gasteiger partial charge is 0.372 e. The van der Waals surface area contributed by atoms with Crippen molar-refractivity contribution in [3.05, 3.63) is 0 Å². The van der Waals surface area contributed by atoms with Crippen LogP contribution in [0.2, 0.25) is 0 Å². The first-order chi connectivity index (χ1) is 8.77. The number of nitrogens with zero attached hydrogens (tertiary/aromatic N) is 1. The van der Waals surface area contributed by atoms with Crippen molar-refractivity contribution in [3.8, 4) is 0 Å². The van der Waals surface area contributed by atoms with Gasteiger partial charge in [-0.05, 0) is 13.1 Å². The van der Waals surface area contributed by atoms with Gasteiger partial charge in [-0.25, -0.2) is 9.18 Å². The maximum atomic E-state index is 14.0. The van der Waals surface area contributed by atoms with Crippen LogP contribution in [0.15, 0.2) is 0 Å². The van der Waals surface area contributed by atoms with Crippen LogP contribution in [0, 0.1) is 5.92 Å². The Morgan fingerprint density at radius 3 is 2.37 bits per heavy atom. The number of hydrogen-bond acceptors (Lipinski definition) is 4. The monoisotopic (exact) mass is 281 g/mol. The highest BCUT2D eigenvalue weighted by atomic mass is 19.2. The molecule has 0 spiro atoms. The lowest BCUT2D eigenvalue weighted by Gasteiger charge is -2.43. The summed E-state index contributed by atoms with van der Waals surface area (Å²) < 4.78 is 32.5. The zero-order chi connectivity index (χ0) is 14.8. The van der Waals surface area contributed by atoms with Crippen LogP contribution in [0.4, 0.5) is 8.78 Å². The lowest BCUT2D eigenvalue weighted by molar-refractivity contribution is -0.283. The largest absolute Gasteiger partial charge is 0.477 e. The number of aliphatic carboxylic acids is 1. The lowest BCUT2D eigenvalue weighted by Crippen LogP contribution is -2.62. The van der Waals surface area contributed by atoms with Gasteiger partial charge < -0.3 is 19.8 Å². The van der Waals surface area contributed by atoms with Crippen LogP contribution in [-0.4, -0.2) is 65.0 Å². The minimum absolute atomic E-state index is 0.247. The Morgan fingerprint density at radius 1 is 1.42 bits per heavy atom. The van der Waals surface area contributed by atoms with Crippen LogP contribution in [-0.2, 0) is 9.53 Å². The Labute approximate surface area is 111 Å². The first-order valence-electron chi connectivity index (χ1n) is 6.42. The van der Waals surface area contributed by atoms with Crippen molar-refractivity contribution in [1.29, 1.82) is 0 Å². The van der Waals surface area contributed by atoms with E-state index in [4.69, 9.17) is 9.84 Å². The summed E-state index contributed by atoms with van der Waals surface area (Å²) in [6.45, 7) is 6.90. The summed E-state index contributed by atoms with van der Waals surface area (Å²) in [6, 6.07) is 0. The van der Waals surface area contributed by atoms with Gasteiger partial charge in [0.2, 0.25) is 0 Å². The van der Waals surface area contributed by atoms with Gasteiger partial charge in [0, 0.05) is 12.5 Å². The number of ether oxygens (including phenoxy) is 1. The topological polar surface area (TPSA) is 70.0 Å². The number of hydrogen-bond donors (Lipinski definition) is 2. The molecule has 5 unspecified atom stereocenters. The Kier molecular flexibility index (Phi) is 5.23. The molecular formula is C12H21F2NO4. The molecule has 1 aliphatic rings. The van der Waals surface area contributed by atoms with E-state index in [0.717, 1.165) is 0 Å². The number of aliphatic hydroxyl groups excluding tert-OH is 1. The number of carboxylic acids is 1. The number of carboxylic acid groups (broad SMARTS) is 1. The van der Waals surface area contributed by atoms with Gasteiger partial charge in [-0.3, -0.25) is 0 Å². The van der Waals surface area contributed by atoms with Gasteiger partial charge in [0.1, 0.15) is 0 Å². The van der Waals surface area contributed by atoms with Gasteiger partial charge in [-0.2, -0.15) is 4.39 Å². The fraction of sp³-hybridized carbons (Fsp3) is 0.917. The molecule has 0 radical (unpaired) electrons. The normalized spacial score (nSPS) is 39.5. The van der Waals surface area contributed by atoms with E-state index in [1.165, 1.54) is 6.92 Å². The molecule has 0 aromatic heterocycles. The fourth-order valence-electron chi connectivity index (χ4n) is 2.21. The van der Waals surface area contributed by atoms with Crippen molar-refractivity contribution in [2.24, 2.45) is 5.92 Å².